The summed E-state index contributed by atoms with van der Waals surface area (Å²) in [4.78, 5) is 24.1. The molecule has 24 heavy (non-hydrogen) atoms. The van der Waals surface area contributed by atoms with Crippen LogP contribution in [0.15, 0.2) is 30.3 Å². The first-order chi connectivity index (χ1) is 10.7. The van der Waals surface area contributed by atoms with E-state index >= 15 is 0 Å². The number of ether oxygens (including phenoxy) is 2. The van der Waals surface area contributed by atoms with Crippen LogP contribution < -0.4 is 5.32 Å². The van der Waals surface area contributed by atoms with E-state index in [2.05, 4.69) is 5.32 Å². The molecule has 0 aliphatic carbocycles. The summed E-state index contributed by atoms with van der Waals surface area (Å²) in [5.41, 5.74) is 0.865. The molecule has 0 aromatic heterocycles. The van der Waals surface area contributed by atoms with Crippen LogP contribution in [0.4, 0.5) is 0 Å². The van der Waals surface area contributed by atoms with Gasteiger partial charge in [0.15, 0.2) is 6.10 Å². The molecule has 0 radical (unpaired) electrons. The Morgan fingerprint density at radius 1 is 1.12 bits per heavy atom. The first-order valence-electron chi connectivity index (χ1n) is 7.81. The van der Waals surface area contributed by atoms with E-state index < -0.39 is 24.1 Å². The van der Waals surface area contributed by atoms with Crippen molar-refractivity contribution in [2.45, 2.75) is 52.9 Å². The Bertz CT molecular complexity index is 514. The van der Waals surface area contributed by atoms with Crippen LogP contribution in [0, 0.1) is 5.41 Å². The maximum Gasteiger partial charge on any atom is 0.347 e. The Morgan fingerprint density at radius 3 is 2.21 bits per heavy atom. The molecule has 6 heteroatoms. The van der Waals surface area contributed by atoms with Crippen LogP contribution in [-0.4, -0.2) is 31.1 Å². The normalized spacial score (nSPS) is 13.4. The third kappa shape index (κ3) is 8.31. The molecule has 0 amide bonds. The average molecular weight is 358 g/mol. The molecule has 0 heterocycles. The smallest absolute Gasteiger partial charge is 0.347 e. The summed E-state index contributed by atoms with van der Waals surface area (Å²) in [6.45, 7) is 7.82. The second kappa shape index (κ2) is 10.3. The Morgan fingerprint density at radius 2 is 1.71 bits per heavy atom. The molecule has 0 bridgehead atoms. The van der Waals surface area contributed by atoms with E-state index in [1.54, 1.807) is 7.05 Å². The summed E-state index contributed by atoms with van der Waals surface area (Å²) in [6.07, 6.45) is -0.310. The number of carbonyl (C=O) groups is 2. The van der Waals surface area contributed by atoms with Crippen molar-refractivity contribution in [2.24, 2.45) is 5.41 Å². The van der Waals surface area contributed by atoms with Gasteiger partial charge in [-0.1, -0.05) is 51.1 Å². The number of likely N-dealkylation sites (N-methyl/N-ethyl adjacent to an activating group) is 1. The van der Waals surface area contributed by atoms with Crippen molar-refractivity contribution in [3.05, 3.63) is 35.9 Å². The number of carbonyl (C=O) groups excluding carboxylic acids is 2. The van der Waals surface area contributed by atoms with Gasteiger partial charge in [-0.05, 0) is 31.4 Å². The number of hydrogen-bond acceptors (Lipinski definition) is 5. The molecular formula is C18H28ClNO4. The van der Waals surface area contributed by atoms with E-state index in [1.807, 2.05) is 51.1 Å². The van der Waals surface area contributed by atoms with Gasteiger partial charge in [-0.25, -0.2) is 4.79 Å². The first kappa shape index (κ1) is 22.4. The Kier molecular flexibility index (Phi) is 9.63. The molecular weight excluding hydrogens is 330 g/mol. The highest BCUT2D eigenvalue weighted by Gasteiger charge is 2.28. The topological polar surface area (TPSA) is 64.6 Å². The van der Waals surface area contributed by atoms with Crippen molar-refractivity contribution in [1.29, 1.82) is 0 Å². The molecule has 0 fully saturated rings. The number of nitrogens with one attached hydrogen (secondary N) is 1. The molecule has 0 spiro atoms. The molecule has 0 saturated carbocycles. The summed E-state index contributed by atoms with van der Waals surface area (Å²) in [5, 5.41) is 2.93. The van der Waals surface area contributed by atoms with Crippen molar-refractivity contribution >= 4 is 24.3 Å². The monoisotopic (exact) mass is 357 g/mol. The molecule has 136 valence electrons. The van der Waals surface area contributed by atoms with Crippen LogP contribution in [0.2, 0.25) is 0 Å². The summed E-state index contributed by atoms with van der Waals surface area (Å²) in [5.74, 6) is -0.987. The van der Waals surface area contributed by atoms with Crippen LogP contribution in [0.3, 0.4) is 0 Å². The van der Waals surface area contributed by atoms with Crippen LogP contribution in [0.1, 0.15) is 39.7 Å². The quantitative estimate of drug-likeness (QED) is 0.759. The lowest BCUT2D eigenvalue weighted by atomic mass is 9.88. The van der Waals surface area contributed by atoms with E-state index in [1.165, 1.54) is 6.92 Å². The van der Waals surface area contributed by atoms with Crippen molar-refractivity contribution < 1.29 is 19.1 Å². The van der Waals surface area contributed by atoms with Crippen molar-refractivity contribution in [2.75, 3.05) is 7.05 Å². The zero-order chi connectivity index (χ0) is 17.5. The van der Waals surface area contributed by atoms with Crippen LogP contribution in [0.5, 0.6) is 0 Å². The van der Waals surface area contributed by atoms with Crippen molar-refractivity contribution in [1.82, 2.24) is 5.32 Å². The lowest BCUT2D eigenvalue weighted by Crippen LogP contribution is -2.41. The minimum absolute atomic E-state index is 0. The van der Waals surface area contributed by atoms with Gasteiger partial charge < -0.3 is 14.8 Å². The van der Waals surface area contributed by atoms with Crippen LogP contribution >= 0.6 is 12.4 Å². The summed E-state index contributed by atoms with van der Waals surface area (Å²) < 4.78 is 10.4. The fourth-order valence-electron chi connectivity index (χ4n) is 2.07. The number of rotatable bonds is 7. The molecule has 0 aliphatic heterocycles. The highest BCUT2D eigenvalue weighted by Crippen LogP contribution is 2.21. The van der Waals surface area contributed by atoms with Gasteiger partial charge in [0, 0.05) is 0 Å². The standard InChI is InChI=1S/C18H27NO4.ClH/c1-13(16(20)22-12-14-9-7-6-8-10-14)23-17(21)15(19-5)11-18(2,3)4;/h6-10,13,15,19H,11-12H2,1-5H3;1H/t13?,15-;/m1./s1. The zero-order valence-corrected chi connectivity index (χ0v) is 15.8. The van der Waals surface area contributed by atoms with Gasteiger partial charge in [0.25, 0.3) is 0 Å². The van der Waals surface area contributed by atoms with Crippen molar-refractivity contribution in [3.63, 3.8) is 0 Å². The van der Waals surface area contributed by atoms with E-state index in [4.69, 9.17) is 9.47 Å². The van der Waals surface area contributed by atoms with Gasteiger partial charge in [0.1, 0.15) is 12.6 Å². The van der Waals surface area contributed by atoms with Crippen LogP contribution in [-0.2, 0) is 25.7 Å². The van der Waals surface area contributed by atoms with Crippen molar-refractivity contribution in [3.8, 4) is 0 Å². The first-order valence-corrected chi connectivity index (χ1v) is 7.81. The number of esters is 2. The molecule has 5 nitrogen and oxygen atoms in total. The van der Waals surface area contributed by atoms with Gasteiger partial charge in [0.2, 0.25) is 0 Å². The SMILES string of the molecule is CN[C@H](CC(C)(C)C)C(=O)OC(C)C(=O)OCc1ccccc1.Cl. The second-order valence-corrected chi connectivity index (χ2v) is 6.78. The number of benzene rings is 1. The van der Waals surface area contributed by atoms with Crippen LogP contribution in [0.25, 0.3) is 0 Å². The minimum atomic E-state index is -0.929. The van der Waals surface area contributed by atoms with Gasteiger partial charge in [-0.2, -0.15) is 0 Å². The van der Waals surface area contributed by atoms with E-state index in [-0.39, 0.29) is 24.4 Å². The van der Waals surface area contributed by atoms with Gasteiger partial charge in [-0.15, -0.1) is 12.4 Å². The zero-order valence-electron chi connectivity index (χ0n) is 15.0. The average Bonchev–Trinajstić information content (AvgIpc) is 2.50. The Labute approximate surface area is 150 Å². The fourth-order valence-corrected chi connectivity index (χ4v) is 2.07. The van der Waals surface area contributed by atoms with E-state index in [9.17, 15) is 9.59 Å². The number of hydrogen-bond donors (Lipinski definition) is 1. The summed E-state index contributed by atoms with van der Waals surface area (Å²) in [6, 6.07) is 8.92. The molecule has 0 saturated heterocycles. The third-order valence-corrected chi connectivity index (χ3v) is 3.30. The number of halogens is 1. The molecule has 1 aromatic rings. The lowest BCUT2D eigenvalue weighted by Gasteiger charge is -2.25. The van der Waals surface area contributed by atoms with Gasteiger partial charge in [0.05, 0.1) is 0 Å². The molecule has 1 unspecified atom stereocenters. The molecule has 0 aliphatic rings. The third-order valence-electron chi connectivity index (χ3n) is 3.30. The minimum Gasteiger partial charge on any atom is -0.458 e. The predicted octanol–water partition coefficient (Wildman–Crippen LogP) is 3.11. The fraction of sp³-hybridized carbons (Fsp3) is 0.556. The molecule has 1 rings (SSSR count). The summed E-state index contributed by atoms with van der Waals surface area (Å²) in [7, 11) is 1.70. The lowest BCUT2D eigenvalue weighted by molar-refractivity contribution is -0.169. The highest BCUT2D eigenvalue weighted by atomic mass is 35.5. The Balaban J connectivity index is 0.00000529. The molecule has 1 N–H and O–H groups in total. The highest BCUT2D eigenvalue weighted by molar-refractivity contribution is 5.85. The van der Waals surface area contributed by atoms with Gasteiger partial charge >= 0.3 is 11.9 Å². The summed E-state index contributed by atoms with van der Waals surface area (Å²) >= 11 is 0. The maximum atomic E-state index is 12.1. The second-order valence-electron chi connectivity index (χ2n) is 6.78. The van der Waals surface area contributed by atoms with E-state index in [0.717, 1.165) is 5.56 Å². The van der Waals surface area contributed by atoms with E-state index in [0.29, 0.717) is 6.42 Å². The largest absolute Gasteiger partial charge is 0.458 e. The molecule has 1 aromatic carbocycles. The predicted molar refractivity (Wildman–Crippen MR) is 96.0 cm³/mol. The van der Waals surface area contributed by atoms with Gasteiger partial charge in [-0.3, -0.25) is 4.79 Å². The molecule has 2 atom stereocenters. The Hall–Kier alpha value is -1.59. The maximum absolute atomic E-state index is 12.1.